The van der Waals surface area contributed by atoms with Crippen LogP contribution in [-0.4, -0.2) is 47.3 Å². The Morgan fingerprint density at radius 3 is 1.47 bits per heavy atom. The van der Waals surface area contributed by atoms with Crippen LogP contribution in [0.3, 0.4) is 0 Å². The molecule has 19 heavy (non-hydrogen) atoms. The van der Waals surface area contributed by atoms with E-state index in [9.17, 15) is 7.84 Å². The number of nitrogens with two attached hydrogens (primary N) is 1. The van der Waals surface area contributed by atoms with Gasteiger partial charge in [-0.1, -0.05) is 0 Å². The molecule has 1 unspecified atom stereocenters. The van der Waals surface area contributed by atoms with Crippen molar-refractivity contribution in [2.75, 3.05) is 5.84 Å². The van der Waals surface area contributed by atoms with E-state index in [1.165, 1.54) is 12.7 Å². The zero-order chi connectivity index (χ0) is 13.4. The van der Waals surface area contributed by atoms with Crippen LogP contribution in [0, 0.1) is 0 Å². The molecule has 1 aromatic rings. The third kappa shape index (κ3) is 77.8. The fraction of sp³-hybridized carbons (Fsp3) is 0.500. The Labute approximate surface area is 182 Å². The van der Waals surface area contributed by atoms with Crippen molar-refractivity contribution >= 4 is 28.3 Å². The van der Waals surface area contributed by atoms with Crippen molar-refractivity contribution in [3.63, 3.8) is 0 Å². The van der Waals surface area contributed by atoms with Gasteiger partial charge in [-0.2, -0.15) is 4.79 Å². The molecule has 10 nitrogen and oxygen atoms in total. The fourth-order valence-electron chi connectivity index (χ4n) is 0.217. The van der Waals surface area contributed by atoms with E-state index >= 15 is 0 Å². The minimum Gasteiger partial charge on any atom is -0.322 e. The summed E-state index contributed by atoms with van der Waals surface area (Å²) < 4.78 is 53.6. The van der Waals surface area contributed by atoms with E-state index in [1.807, 2.05) is 0 Å². The molecular weight excluding hydrogens is 419 g/mol. The summed E-state index contributed by atoms with van der Waals surface area (Å²) in [6.45, 7) is 0. The number of hydrogen-bond acceptors (Lipinski definition) is 8. The molecule has 3 N–H and O–H groups in total. The second kappa shape index (κ2) is 16.9. The molecule has 0 amide bonds. The van der Waals surface area contributed by atoms with Crippen LogP contribution in [0.5, 0.6) is 0 Å². The normalized spacial score (nSPS) is 11.5. The molecule has 0 saturated heterocycles. The van der Waals surface area contributed by atoms with Gasteiger partial charge in [-0.15, -0.1) is 5.10 Å². The standard InChI is InChI=1S/C2H4N4.2CH5AsO3.3Na/c3-6-2-4-1-5-6;2*1-2(3,4)5;;;/h1-2H,3H2;2*1H3,(H2,3,4,5);;;/q;;;3*+1/p-3. The van der Waals surface area contributed by atoms with Gasteiger partial charge in [0.15, 0.2) is 0 Å². The summed E-state index contributed by atoms with van der Waals surface area (Å²) in [4.78, 5) is 4.69. The molecule has 15 heteroatoms. The van der Waals surface area contributed by atoms with Crippen LogP contribution >= 0.6 is 0 Å². The van der Waals surface area contributed by atoms with Gasteiger partial charge in [0.1, 0.15) is 12.7 Å². The topological polar surface area (TPSA) is 180 Å². The summed E-state index contributed by atoms with van der Waals surface area (Å²) in [5.41, 5.74) is 1.50. The average Bonchev–Trinajstić information content (AvgIpc) is 2.30. The smallest absolute Gasteiger partial charge is 0.322 e. The van der Waals surface area contributed by atoms with E-state index in [2.05, 4.69) is 10.1 Å². The van der Waals surface area contributed by atoms with Crippen LogP contribution in [0.15, 0.2) is 12.7 Å². The molecular formula is C4H11As2N4Na3O6. The first-order valence-corrected chi connectivity index (χ1v) is 11.9. The van der Waals surface area contributed by atoms with Crippen LogP contribution in [-0.2, 0) is 7.48 Å². The Morgan fingerprint density at radius 2 is 1.42 bits per heavy atom. The van der Waals surface area contributed by atoms with Gasteiger partial charge in [0.2, 0.25) is 0 Å². The van der Waals surface area contributed by atoms with Crippen LogP contribution in [0.25, 0.3) is 0 Å². The molecule has 1 aromatic heterocycles. The predicted octanol–water partition coefficient (Wildman–Crippen LogP) is -14.0. The first-order valence-electron chi connectivity index (χ1n) is 3.50. The number of rotatable bonds is 0. The Morgan fingerprint density at radius 1 is 1.16 bits per heavy atom. The Kier molecular flexibility index (Phi) is 29.4. The van der Waals surface area contributed by atoms with Gasteiger partial charge in [-0.05, 0) is 0 Å². The van der Waals surface area contributed by atoms with Crippen molar-refractivity contribution in [2.24, 2.45) is 0 Å². The molecule has 0 fully saturated rings. The molecule has 0 bridgehead atoms. The second-order valence-corrected chi connectivity index (χ2v) is 9.06. The van der Waals surface area contributed by atoms with Gasteiger partial charge in [0.05, 0.1) is 0 Å². The summed E-state index contributed by atoms with van der Waals surface area (Å²) in [6, 6.07) is 0. The van der Waals surface area contributed by atoms with E-state index in [1.54, 1.807) is 0 Å². The van der Waals surface area contributed by atoms with Crippen molar-refractivity contribution in [1.29, 1.82) is 0 Å². The summed E-state index contributed by atoms with van der Waals surface area (Å²) >= 11 is -9.00. The molecule has 1 rings (SSSR count). The molecule has 0 saturated carbocycles. The maximum atomic E-state index is 9.28. The minimum atomic E-state index is -4.62. The van der Waals surface area contributed by atoms with Gasteiger partial charge in [-0.3, -0.25) is 0 Å². The van der Waals surface area contributed by atoms with Gasteiger partial charge < -0.3 is 5.84 Å². The Balaban J connectivity index is -0.0000000482. The van der Waals surface area contributed by atoms with Gasteiger partial charge >= 0.3 is 152 Å². The molecule has 0 radical (unpaired) electrons. The quantitative estimate of drug-likeness (QED) is 0.299. The first kappa shape index (κ1) is 33.2. The maximum Gasteiger partial charge on any atom is 1.00 e. The van der Waals surface area contributed by atoms with E-state index in [-0.39, 0.29) is 88.7 Å². The third-order valence-electron chi connectivity index (χ3n) is 0.437. The maximum absolute atomic E-state index is 9.28. The van der Waals surface area contributed by atoms with Gasteiger partial charge in [-0.25, -0.2) is 4.98 Å². The summed E-state index contributed by atoms with van der Waals surface area (Å²) in [5.74, 6) is 5.02. The fourth-order valence-corrected chi connectivity index (χ4v) is 0.217. The number of nitrogens with zero attached hydrogens (tertiary/aromatic N) is 3. The molecule has 0 aliphatic heterocycles. The predicted molar refractivity (Wildman–Crippen MR) is 47.0 cm³/mol. The second-order valence-electron chi connectivity index (χ2n) is 2.45. The largest absolute Gasteiger partial charge is 1.00 e. The molecule has 0 spiro atoms. The number of hydrogen-bond donors (Lipinski definition) is 2. The average molecular weight is 430 g/mol. The van der Waals surface area contributed by atoms with Crippen LogP contribution in [0.1, 0.15) is 0 Å². The van der Waals surface area contributed by atoms with Crippen LogP contribution in [0.4, 0.5) is 0 Å². The van der Waals surface area contributed by atoms with Crippen molar-refractivity contribution < 1.29 is 113 Å². The number of nitrogen functional groups attached to an aromatic ring is 1. The molecule has 0 aromatic carbocycles. The van der Waals surface area contributed by atoms with Crippen molar-refractivity contribution in [2.45, 2.75) is 11.4 Å². The van der Waals surface area contributed by atoms with Gasteiger partial charge in [0.25, 0.3) is 0 Å². The van der Waals surface area contributed by atoms with Crippen LogP contribution in [0.2, 0.25) is 11.4 Å². The zero-order valence-electron chi connectivity index (χ0n) is 11.5. The molecule has 1 atom stereocenters. The monoisotopic (exact) mass is 430 g/mol. The van der Waals surface area contributed by atoms with E-state index in [0.29, 0.717) is 5.71 Å². The summed E-state index contributed by atoms with van der Waals surface area (Å²) in [7, 11) is 0. The minimum absolute atomic E-state index is 0. The molecule has 96 valence electrons. The third-order valence-corrected chi connectivity index (χ3v) is 0.437. The first-order chi connectivity index (χ1) is 6.89. The zero-order valence-corrected chi connectivity index (χ0v) is 21.2. The SMILES string of the molecule is C[As](=O)([O-])O.C[As](=O)([O-])[O-].Nn1cncn1.[Na+].[Na+].[Na+]. The summed E-state index contributed by atoms with van der Waals surface area (Å²) in [6.07, 6.45) is 2.79. The Bertz CT molecular complexity index is 330. The van der Waals surface area contributed by atoms with Crippen molar-refractivity contribution in [1.82, 2.24) is 14.9 Å². The molecule has 0 aliphatic carbocycles. The van der Waals surface area contributed by atoms with Crippen molar-refractivity contribution in [3.05, 3.63) is 12.7 Å². The molecule has 1 heterocycles. The summed E-state index contributed by atoms with van der Waals surface area (Å²) in [5, 5.41) is 3.50. The van der Waals surface area contributed by atoms with E-state index in [0.717, 1.165) is 10.5 Å². The van der Waals surface area contributed by atoms with Gasteiger partial charge in [0, 0.05) is 0 Å². The molecule has 0 aliphatic rings. The number of aromatic nitrogens is 3. The Hall–Kier alpha value is 2.50. The van der Waals surface area contributed by atoms with Crippen LogP contribution < -0.4 is 107 Å². The van der Waals surface area contributed by atoms with Crippen molar-refractivity contribution in [3.8, 4) is 0 Å². The van der Waals surface area contributed by atoms with E-state index in [4.69, 9.17) is 21.9 Å². The van der Waals surface area contributed by atoms with E-state index < -0.39 is 28.3 Å².